The number of nitrogens with zero attached hydrogens (tertiary/aromatic N) is 1. The predicted octanol–water partition coefficient (Wildman–Crippen LogP) is 3.66. The highest BCUT2D eigenvalue weighted by atomic mass is 32.2. The monoisotopic (exact) mass is 513 g/mol. The van der Waals surface area contributed by atoms with E-state index < -0.39 is 38.1 Å². The average molecular weight is 514 g/mol. The summed E-state index contributed by atoms with van der Waals surface area (Å²) in [6.45, 7) is 4.33. The zero-order valence-corrected chi connectivity index (χ0v) is 22.3. The third-order valence-electron chi connectivity index (χ3n) is 10.6. The Bertz CT molecular complexity index is 1270. The van der Waals surface area contributed by atoms with E-state index in [1.54, 1.807) is 28.6 Å². The molecule has 1 heterocycles. The molecule has 7 nitrogen and oxygen atoms in total. The van der Waals surface area contributed by atoms with Crippen molar-refractivity contribution in [2.75, 3.05) is 20.8 Å². The van der Waals surface area contributed by atoms with E-state index in [-0.39, 0.29) is 28.3 Å². The maximum atomic E-state index is 14.3. The lowest BCUT2D eigenvalue weighted by Crippen LogP contribution is -2.71. The second-order valence-electron chi connectivity index (χ2n) is 11.9. The van der Waals surface area contributed by atoms with Gasteiger partial charge in [-0.25, -0.2) is 8.42 Å². The molecule has 1 aliphatic heterocycles. The van der Waals surface area contributed by atoms with Gasteiger partial charge in [0, 0.05) is 39.1 Å². The van der Waals surface area contributed by atoms with Crippen LogP contribution in [-0.4, -0.2) is 56.9 Å². The van der Waals surface area contributed by atoms with Crippen molar-refractivity contribution >= 4 is 21.6 Å². The van der Waals surface area contributed by atoms with Crippen molar-refractivity contribution in [2.45, 2.75) is 69.1 Å². The van der Waals surface area contributed by atoms with Crippen LogP contribution in [0.1, 0.15) is 51.0 Å². The largest absolute Gasteiger partial charge is 0.347 e. The van der Waals surface area contributed by atoms with Crippen molar-refractivity contribution in [2.24, 2.45) is 28.1 Å². The molecular weight excluding hydrogens is 478 g/mol. The van der Waals surface area contributed by atoms with Crippen LogP contribution in [-0.2, 0) is 29.1 Å². The normalized spacial score (nSPS) is 41.2. The first-order valence-electron chi connectivity index (χ1n) is 13.0. The van der Waals surface area contributed by atoms with Gasteiger partial charge in [-0.1, -0.05) is 36.8 Å². The van der Waals surface area contributed by atoms with Crippen LogP contribution >= 0.6 is 0 Å². The highest BCUT2D eigenvalue weighted by molar-refractivity contribution is 7.89. The molecule has 0 radical (unpaired) electrons. The van der Waals surface area contributed by atoms with Gasteiger partial charge in [-0.05, 0) is 62.5 Å². The number of hydrogen-bond acceptors (Lipinski definition) is 6. The van der Waals surface area contributed by atoms with Gasteiger partial charge in [-0.15, -0.1) is 0 Å². The van der Waals surface area contributed by atoms with Gasteiger partial charge in [-0.3, -0.25) is 9.59 Å². The smallest absolute Gasteiger partial charge is 0.243 e. The van der Waals surface area contributed by atoms with E-state index in [9.17, 15) is 18.0 Å². The highest BCUT2D eigenvalue weighted by Crippen LogP contribution is 2.71. The van der Waals surface area contributed by atoms with Gasteiger partial charge in [0.05, 0.1) is 15.7 Å². The Hall–Kier alpha value is -1.87. The summed E-state index contributed by atoms with van der Waals surface area (Å²) in [7, 11) is -0.901. The fraction of sp³-hybridized carbons (Fsp3) is 0.643. The second kappa shape index (κ2) is 7.59. The van der Waals surface area contributed by atoms with Crippen molar-refractivity contribution in [3.05, 3.63) is 42.0 Å². The lowest BCUT2D eigenvalue weighted by molar-refractivity contribution is -0.255. The van der Waals surface area contributed by atoms with Gasteiger partial charge >= 0.3 is 0 Å². The van der Waals surface area contributed by atoms with Crippen molar-refractivity contribution in [1.82, 2.24) is 4.31 Å². The fourth-order valence-electron chi connectivity index (χ4n) is 8.83. The highest BCUT2D eigenvalue weighted by Gasteiger charge is 2.77. The number of carbonyl (C=O) groups is 2. The van der Waals surface area contributed by atoms with Crippen LogP contribution < -0.4 is 0 Å². The molecule has 194 valence electrons. The van der Waals surface area contributed by atoms with Crippen molar-refractivity contribution in [3.8, 4) is 0 Å². The van der Waals surface area contributed by atoms with Crippen molar-refractivity contribution < 1.29 is 27.5 Å². The quantitative estimate of drug-likeness (QED) is 0.451. The second-order valence-corrected chi connectivity index (χ2v) is 13.8. The predicted molar refractivity (Wildman–Crippen MR) is 132 cm³/mol. The molecule has 7 rings (SSSR count). The molecule has 1 saturated heterocycles. The van der Waals surface area contributed by atoms with Gasteiger partial charge in [0.15, 0.2) is 0 Å². The number of rotatable bonds is 4. The molecule has 1 aromatic carbocycles. The van der Waals surface area contributed by atoms with Gasteiger partial charge in [0.1, 0.15) is 5.78 Å². The van der Waals surface area contributed by atoms with E-state index in [1.807, 2.05) is 19.1 Å². The van der Waals surface area contributed by atoms with Crippen LogP contribution in [0.15, 0.2) is 41.3 Å². The Morgan fingerprint density at radius 3 is 2.39 bits per heavy atom. The Labute approximate surface area is 213 Å². The first kappa shape index (κ1) is 24.5. The summed E-state index contributed by atoms with van der Waals surface area (Å²) in [6.07, 6.45) is 7.59. The van der Waals surface area contributed by atoms with E-state index in [1.165, 1.54) is 14.2 Å². The summed E-state index contributed by atoms with van der Waals surface area (Å²) < 4.78 is 41.6. The minimum Gasteiger partial charge on any atom is -0.347 e. The summed E-state index contributed by atoms with van der Waals surface area (Å²) in [5, 5.41) is 0. The maximum absolute atomic E-state index is 14.3. The molecule has 1 aromatic rings. The zero-order chi connectivity index (χ0) is 25.7. The van der Waals surface area contributed by atoms with E-state index in [0.29, 0.717) is 32.2 Å². The average Bonchev–Trinajstić information content (AvgIpc) is 3.17. The Kier molecular flexibility index (Phi) is 5.16. The first-order chi connectivity index (χ1) is 17.0. The third-order valence-corrected chi connectivity index (χ3v) is 12.4. The Balaban J connectivity index is 1.54. The molecule has 4 fully saturated rings. The number of methoxy groups -OCH3 is 2. The minimum absolute atomic E-state index is 0.136. The van der Waals surface area contributed by atoms with E-state index in [2.05, 4.69) is 6.92 Å². The summed E-state index contributed by atoms with van der Waals surface area (Å²) in [6, 6.07) is 6.35. The van der Waals surface area contributed by atoms with Crippen LogP contribution in [0.4, 0.5) is 0 Å². The fourth-order valence-corrected chi connectivity index (χ4v) is 10.7. The summed E-state index contributed by atoms with van der Waals surface area (Å²) in [4.78, 5) is 28.3. The van der Waals surface area contributed by atoms with Crippen LogP contribution in [0.25, 0.3) is 0 Å². The third kappa shape index (κ3) is 2.66. The number of ether oxygens (including phenoxy) is 2. The van der Waals surface area contributed by atoms with Gasteiger partial charge in [0.25, 0.3) is 0 Å². The van der Waals surface area contributed by atoms with Crippen molar-refractivity contribution in [3.63, 3.8) is 0 Å². The standard InChI is InChI=1S/C28H35NO6S/c1-18-7-9-20(10-8-18)36(32,33)29-17-25(2)12-5-6-22(30)27(25)15-14-26-13-11-19(16-21(26)23(27)29)28(34-3,35-4)24(26)31/h7-11,13,19,21,23H,5-6,12,14-17H2,1-4H3/t19-,21-,23-,25-,26-,27+/m0/s1. The number of carbonyl (C=O) groups excluding carboxylic acids is 2. The summed E-state index contributed by atoms with van der Waals surface area (Å²) in [5.74, 6) is -1.98. The molecule has 8 heteroatoms. The molecule has 5 aliphatic carbocycles. The Morgan fingerprint density at radius 1 is 1.03 bits per heavy atom. The molecule has 0 N–H and O–H groups in total. The molecule has 6 aliphatic rings. The first-order valence-corrected chi connectivity index (χ1v) is 14.4. The van der Waals surface area contributed by atoms with Gasteiger partial charge in [0.2, 0.25) is 21.6 Å². The van der Waals surface area contributed by atoms with Gasteiger partial charge < -0.3 is 9.47 Å². The maximum Gasteiger partial charge on any atom is 0.243 e. The molecule has 36 heavy (non-hydrogen) atoms. The molecule has 2 spiro atoms. The SMILES string of the molecule is COC1(OC)C(=O)[C@]23C=C[C@H]1C[C@H]2[C@@H]1N(S(=O)(=O)c2ccc(C)cc2)C[C@]2(C)CCCC(=O)[C@]12CC3. The number of allylic oxidation sites excluding steroid dienone is 1. The van der Waals surface area contributed by atoms with Gasteiger partial charge in [-0.2, -0.15) is 4.31 Å². The molecule has 0 unspecified atom stereocenters. The number of benzene rings is 1. The van der Waals surface area contributed by atoms with E-state index in [0.717, 1.165) is 18.4 Å². The summed E-state index contributed by atoms with van der Waals surface area (Å²) >= 11 is 0. The van der Waals surface area contributed by atoms with Crippen LogP contribution in [0.3, 0.4) is 0 Å². The number of fused-ring (bicyclic) bond motifs is 1. The van der Waals surface area contributed by atoms with Crippen molar-refractivity contribution in [1.29, 1.82) is 0 Å². The molecule has 0 amide bonds. The number of Topliss-reactive ketones (excluding diaryl/α,β-unsaturated/α-hetero) is 2. The molecular formula is C28H35NO6S. The van der Waals surface area contributed by atoms with E-state index >= 15 is 0 Å². The number of sulfonamides is 1. The lowest BCUT2D eigenvalue weighted by Gasteiger charge is -2.63. The number of hydrogen-bond donors (Lipinski definition) is 0. The lowest BCUT2D eigenvalue weighted by atomic mass is 9.41. The molecule has 0 aromatic heterocycles. The van der Waals surface area contributed by atoms with Crippen LogP contribution in [0.2, 0.25) is 0 Å². The minimum atomic E-state index is -3.90. The molecule has 2 bridgehead atoms. The summed E-state index contributed by atoms with van der Waals surface area (Å²) in [5.41, 5.74) is -1.18. The molecule has 3 saturated carbocycles. The van der Waals surface area contributed by atoms with Crippen LogP contribution in [0.5, 0.6) is 0 Å². The zero-order valence-electron chi connectivity index (χ0n) is 21.5. The molecule has 6 atom stereocenters. The topological polar surface area (TPSA) is 90.0 Å². The van der Waals surface area contributed by atoms with Crippen LogP contribution in [0, 0.1) is 35.0 Å². The number of aryl methyl sites for hydroxylation is 1. The van der Waals surface area contributed by atoms with E-state index in [4.69, 9.17) is 9.47 Å². The Morgan fingerprint density at radius 2 is 1.72 bits per heavy atom. The number of ketones is 2.